The highest BCUT2D eigenvalue weighted by Crippen LogP contribution is 2.17. The van der Waals surface area contributed by atoms with Gasteiger partial charge in [0.2, 0.25) is 5.91 Å². The zero-order chi connectivity index (χ0) is 18.1. The van der Waals surface area contributed by atoms with E-state index in [4.69, 9.17) is 4.74 Å². The number of ether oxygens (including phenoxy) is 1. The third-order valence-electron chi connectivity index (χ3n) is 3.84. The fourth-order valence-corrected chi connectivity index (χ4v) is 2.26. The monoisotopic (exact) mass is 336 g/mol. The molecule has 134 valence electrons. The molecule has 6 nitrogen and oxygen atoms in total. The van der Waals surface area contributed by atoms with Crippen molar-refractivity contribution in [1.29, 1.82) is 0 Å². The summed E-state index contributed by atoms with van der Waals surface area (Å²) in [5, 5.41) is 15.1. The number of hydrogen-bond acceptors (Lipinski definition) is 4. The van der Waals surface area contributed by atoms with Gasteiger partial charge in [-0.1, -0.05) is 32.9 Å². The Morgan fingerprint density at radius 3 is 2.50 bits per heavy atom. The lowest BCUT2D eigenvalue weighted by molar-refractivity contribution is -0.124. The van der Waals surface area contributed by atoms with Crippen LogP contribution in [0.1, 0.15) is 44.0 Å². The molecule has 0 saturated carbocycles. The van der Waals surface area contributed by atoms with E-state index < -0.39 is 12.1 Å². The van der Waals surface area contributed by atoms with Crippen LogP contribution < -0.4 is 15.4 Å². The third kappa shape index (κ3) is 5.85. The molecule has 0 aliphatic rings. The zero-order valence-electron chi connectivity index (χ0n) is 14.8. The molecule has 0 aliphatic carbocycles. The minimum absolute atomic E-state index is 0.0697. The number of carbonyl (C=O) groups excluding carboxylic acids is 2. The van der Waals surface area contributed by atoms with Crippen LogP contribution in [-0.4, -0.2) is 42.7 Å². The molecule has 0 saturated heterocycles. The van der Waals surface area contributed by atoms with E-state index in [-0.39, 0.29) is 17.7 Å². The van der Waals surface area contributed by atoms with Gasteiger partial charge in [0.05, 0.1) is 18.8 Å². The minimum Gasteiger partial charge on any atom is -0.496 e. The quantitative estimate of drug-likeness (QED) is 0.641. The summed E-state index contributed by atoms with van der Waals surface area (Å²) in [6.07, 6.45) is 0.715. The fourth-order valence-electron chi connectivity index (χ4n) is 2.26. The van der Waals surface area contributed by atoms with Crippen molar-refractivity contribution < 1.29 is 19.4 Å². The van der Waals surface area contributed by atoms with Gasteiger partial charge in [-0.2, -0.15) is 0 Å². The maximum Gasteiger partial charge on any atom is 0.255 e. The van der Waals surface area contributed by atoms with Gasteiger partial charge in [-0.05, 0) is 30.9 Å². The normalized spacial score (nSPS) is 13.2. The number of rotatable bonds is 9. The Morgan fingerprint density at radius 2 is 1.92 bits per heavy atom. The molecule has 1 aromatic rings. The highest BCUT2D eigenvalue weighted by molar-refractivity contribution is 5.99. The number of aliphatic hydroxyl groups is 1. The Kier molecular flexibility index (Phi) is 8.26. The Balaban J connectivity index is 2.71. The van der Waals surface area contributed by atoms with Crippen LogP contribution in [0.15, 0.2) is 24.3 Å². The Bertz CT molecular complexity index is 546. The number of aliphatic hydroxyl groups excluding tert-OH is 1. The number of carbonyl (C=O) groups is 2. The lowest BCUT2D eigenvalue weighted by atomic mass is 10.0. The first kappa shape index (κ1) is 20.0. The van der Waals surface area contributed by atoms with Crippen LogP contribution in [0, 0.1) is 5.92 Å². The number of methoxy groups -OCH3 is 1. The first-order valence-corrected chi connectivity index (χ1v) is 8.30. The van der Waals surface area contributed by atoms with Crippen LogP contribution in [0.2, 0.25) is 0 Å². The topological polar surface area (TPSA) is 87.7 Å². The van der Waals surface area contributed by atoms with Crippen LogP contribution >= 0.6 is 0 Å². The molecule has 0 spiro atoms. The van der Waals surface area contributed by atoms with Crippen molar-refractivity contribution in [1.82, 2.24) is 10.6 Å². The highest BCUT2D eigenvalue weighted by Gasteiger charge is 2.25. The molecule has 0 bridgehead atoms. The molecule has 2 amide bonds. The van der Waals surface area contributed by atoms with E-state index in [0.717, 1.165) is 0 Å². The predicted molar refractivity (Wildman–Crippen MR) is 93.0 cm³/mol. The molecule has 0 fully saturated rings. The Hall–Kier alpha value is -2.08. The maximum absolute atomic E-state index is 12.5. The van der Waals surface area contributed by atoms with Gasteiger partial charge < -0.3 is 20.5 Å². The fraction of sp³-hybridized carbons (Fsp3) is 0.556. The molecule has 0 unspecified atom stereocenters. The maximum atomic E-state index is 12.5. The van der Waals surface area contributed by atoms with Crippen LogP contribution in [0.5, 0.6) is 5.75 Å². The molecule has 3 N–H and O–H groups in total. The molecule has 0 aromatic heterocycles. The van der Waals surface area contributed by atoms with E-state index in [1.165, 1.54) is 7.11 Å². The molecule has 0 heterocycles. The number of hydrogen-bond donors (Lipinski definition) is 3. The summed E-state index contributed by atoms with van der Waals surface area (Å²) >= 11 is 0. The van der Waals surface area contributed by atoms with Gasteiger partial charge in [0.25, 0.3) is 5.91 Å². The summed E-state index contributed by atoms with van der Waals surface area (Å²) < 4.78 is 5.18. The summed E-state index contributed by atoms with van der Waals surface area (Å²) in [6.45, 7) is 6.00. The van der Waals surface area contributed by atoms with Gasteiger partial charge in [0, 0.05) is 6.54 Å². The van der Waals surface area contributed by atoms with E-state index in [0.29, 0.717) is 30.7 Å². The molecular formula is C18H28N2O4. The molecule has 1 aromatic carbocycles. The summed E-state index contributed by atoms with van der Waals surface area (Å²) in [4.78, 5) is 24.8. The zero-order valence-corrected chi connectivity index (χ0v) is 14.8. The van der Waals surface area contributed by atoms with Crippen molar-refractivity contribution in [3.63, 3.8) is 0 Å². The first-order valence-electron chi connectivity index (χ1n) is 8.30. The van der Waals surface area contributed by atoms with Gasteiger partial charge in [-0.25, -0.2) is 0 Å². The summed E-state index contributed by atoms with van der Waals surface area (Å²) in [5.74, 6) is -0.213. The lowest BCUT2D eigenvalue weighted by Crippen LogP contribution is -2.50. The van der Waals surface area contributed by atoms with Crippen molar-refractivity contribution in [2.45, 2.75) is 45.8 Å². The smallest absolute Gasteiger partial charge is 0.255 e. The Morgan fingerprint density at radius 1 is 1.25 bits per heavy atom. The van der Waals surface area contributed by atoms with Crippen LogP contribution in [-0.2, 0) is 4.79 Å². The van der Waals surface area contributed by atoms with Gasteiger partial charge in [0.15, 0.2) is 0 Å². The standard InChI is InChI=1S/C18H28N2O4/c1-5-13(21)10-11-19-18(23)16(12(2)3)20-17(22)14-8-6-7-9-15(14)24-4/h6-9,12-13,16,21H,5,10-11H2,1-4H3,(H,19,23)(H,20,22)/t13-,16+/m0/s1. The summed E-state index contributed by atoms with van der Waals surface area (Å²) in [5.41, 5.74) is 0.389. The molecule has 1 rings (SSSR count). The van der Waals surface area contributed by atoms with E-state index in [1.54, 1.807) is 24.3 Å². The van der Waals surface area contributed by atoms with Gasteiger partial charge in [-0.15, -0.1) is 0 Å². The number of amides is 2. The van der Waals surface area contributed by atoms with E-state index >= 15 is 0 Å². The van der Waals surface area contributed by atoms with E-state index in [9.17, 15) is 14.7 Å². The molecule has 6 heteroatoms. The summed E-state index contributed by atoms with van der Waals surface area (Å²) in [6, 6.07) is 6.23. The van der Waals surface area contributed by atoms with Crippen molar-refractivity contribution in [3.05, 3.63) is 29.8 Å². The van der Waals surface area contributed by atoms with Gasteiger partial charge >= 0.3 is 0 Å². The number of benzene rings is 1. The van der Waals surface area contributed by atoms with E-state index in [2.05, 4.69) is 10.6 Å². The highest BCUT2D eigenvalue weighted by atomic mass is 16.5. The number of para-hydroxylation sites is 1. The van der Waals surface area contributed by atoms with Crippen LogP contribution in [0.4, 0.5) is 0 Å². The second-order valence-corrected chi connectivity index (χ2v) is 6.04. The SMILES string of the molecule is CC[C@H](O)CCNC(=O)[C@H](NC(=O)c1ccccc1OC)C(C)C. The van der Waals surface area contributed by atoms with E-state index in [1.807, 2.05) is 20.8 Å². The second kappa shape index (κ2) is 9.93. The second-order valence-electron chi connectivity index (χ2n) is 6.04. The van der Waals surface area contributed by atoms with Crippen LogP contribution in [0.25, 0.3) is 0 Å². The van der Waals surface area contributed by atoms with Crippen molar-refractivity contribution in [2.75, 3.05) is 13.7 Å². The van der Waals surface area contributed by atoms with Crippen molar-refractivity contribution >= 4 is 11.8 Å². The first-order chi connectivity index (χ1) is 11.4. The van der Waals surface area contributed by atoms with Crippen molar-refractivity contribution in [3.8, 4) is 5.75 Å². The Labute approximate surface area is 143 Å². The number of nitrogens with one attached hydrogen (secondary N) is 2. The van der Waals surface area contributed by atoms with Gasteiger partial charge in [-0.3, -0.25) is 9.59 Å². The average molecular weight is 336 g/mol. The lowest BCUT2D eigenvalue weighted by Gasteiger charge is -2.22. The molecular weight excluding hydrogens is 308 g/mol. The largest absolute Gasteiger partial charge is 0.496 e. The molecule has 24 heavy (non-hydrogen) atoms. The summed E-state index contributed by atoms with van der Waals surface area (Å²) in [7, 11) is 1.50. The third-order valence-corrected chi connectivity index (χ3v) is 3.84. The van der Waals surface area contributed by atoms with Gasteiger partial charge in [0.1, 0.15) is 11.8 Å². The molecule has 2 atom stereocenters. The predicted octanol–water partition coefficient (Wildman–Crippen LogP) is 1.73. The van der Waals surface area contributed by atoms with Crippen molar-refractivity contribution in [2.24, 2.45) is 5.92 Å². The minimum atomic E-state index is -0.652. The molecule has 0 radical (unpaired) electrons. The average Bonchev–Trinajstić information content (AvgIpc) is 2.58. The van der Waals surface area contributed by atoms with Crippen LogP contribution in [0.3, 0.4) is 0 Å². The molecule has 0 aliphatic heterocycles.